The average molecular weight is 339 g/mol. The molecule has 0 spiro atoms. The highest BCUT2D eigenvalue weighted by Crippen LogP contribution is 2.15. The summed E-state index contributed by atoms with van der Waals surface area (Å²) in [5.74, 6) is 0. The zero-order valence-electron chi connectivity index (χ0n) is 13.9. The second-order valence-electron chi connectivity index (χ2n) is 7.13. The van der Waals surface area contributed by atoms with Crippen molar-refractivity contribution in [2.24, 2.45) is 0 Å². The molecule has 2 aliphatic rings. The molecule has 2 fully saturated rings. The van der Waals surface area contributed by atoms with Gasteiger partial charge in [-0.2, -0.15) is 0 Å². The van der Waals surface area contributed by atoms with Crippen molar-refractivity contribution < 1.29 is 18.3 Å². The molecule has 4 nitrogen and oxygen atoms in total. The highest BCUT2D eigenvalue weighted by molar-refractivity contribution is 6.86. The van der Waals surface area contributed by atoms with Crippen LogP contribution >= 0.6 is 0 Å². The van der Waals surface area contributed by atoms with Crippen molar-refractivity contribution in [1.29, 1.82) is 0 Å². The lowest BCUT2D eigenvalue weighted by Gasteiger charge is -2.26. The van der Waals surface area contributed by atoms with Crippen LogP contribution in [0.15, 0.2) is 24.3 Å². The molecule has 122 valence electrons. The molecular formula is C16H26O4Si2. The lowest BCUT2D eigenvalue weighted by Crippen LogP contribution is -2.49. The second-order valence-corrected chi connectivity index (χ2v) is 14.9. The van der Waals surface area contributed by atoms with Crippen molar-refractivity contribution in [3.05, 3.63) is 24.3 Å². The molecular weight excluding hydrogens is 312 g/mol. The number of rotatable bonds is 8. The molecule has 0 aromatic heterocycles. The number of epoxide rings is 2. The van der Waals surface area contributed by atoms with Crippen LogP contribution in [-0.4, -0.2) is 55.3 Å². The fraction of sp³-hybridized carbons (Fsp3) is 0.625. The molecule has 6 heteroatoms. The lowest BCUT2D eigenvalue weighted by atomic mass is 10.4. The zero-order chi connectivity index (χ0) is 15.8. The van der Waals surface area contributed by atoms with Crippen LogP contribution in [0.1, 0.15) is 0 Å². The smallest absolute Gasteiger partial charge is 0.218 e. The summed E-state index contributed by atoms with van der Waals surface area (Å²) in [6.07, 6.45) is 0.658. The van der Waals surface area contributed by atoms with Gasteiger partial charge >= 0.3 is 0 Å². The SMILES string of the molecule is C[Si](C)(OCC1CO1)c1ccc([Si](C)(C)OCC2CO2)cc1. The van der Waals surface area contributed by atoms with E-state index in [-0.39, 0.29) is 0 Å². The van der Waals surface area contributed by atoms with Crippen molar-refractivity contribution >= 4 is 27.0 Å². The summed E-state index contributed by atoms with van der Waals surface area (Å²) in [6.45, 7) is 12.1. The van der Waals surface area contributed by atoms with Crippen LogP contribution in [-0.2, 0) is 18.3 Å². The summed E-state index contributed by atoms with van der Waals surface area (Å²) < 4.78 is 22.7. The van der Waals surface area contributed by atoms with Gasteiger partial charge in [0.15, 0.2) is 0 Å². The van der Waals surface area contributed by atoms with E-state index in [4.69, 9.17) is 18.3 Å². The molecule has 22 heavy (non-hydrogen) atoms. The highest BCUT2D eigenvalue weighted by atomic mass is 28.4. The van der Waals surface area contributed by atoms with Gasteiger partial charge in [-0.05, 0) is 36.6 Å². The summed E-state index contributed by atoms with van der Waals surface area (Å²) in [4.78, 5) is 0. The molecule has 2 heterocycles. The van der Waals surface area contributed by atoms with Crippen molar-refractivity contribution in [3.8, 4) is 0 Å². The lowest BCUT2D eigenvalue weighted by molar-refractivity contribution is 0.260. The van der Waals surface area contributed by atoms with Crippen molar-refractivity contribution in [2.75, 3.05) is 26.4 Å². The predicted molar refractivity (Wildman–Crippen MR) is 92.1 cm³/mol. The Bertz CT molecular complexity index is 460. The van der Waals surface area contributed by atoms with Crippen LogP contribution in [0.5, 0.6) is 0 Å². The first-order chi connectivity index (χ1) is 10.4. The molecule has 0 radical (unpaired) electrons. The Hall–Kier alpha value is -0.506. The van der Waals surface area contributed by atoms with Crippen molar-refractivity contribution in [3.63, 3.8) is 0 Å². The fourth-order valence-corrected chi connectivity index (χ4v) is 5.85. The van der Waals surface area contributed by atoms with Crippen LogP contribution in [0, 0.1) is 0 Å². The third-order valence-electron chi connectivity index (χ3n) is 4.34. The summed E-state index contributed by atoms with van der Waals surface area (Å²) in [7, 11) is -3.67. The van der Waals surface area contributed by atoms with Crippen LogP contribution < -0.4 is 10.4 Å². The van der Waals surface area contributed by atoms with Crippen molar-refractivity contribution in [2.45, 2.75) is 38.4 Å². The third kappa shape index (κ3) is 4.27. The van der Waals surface area contributed by atoms with Crippen LogP contribution in [0.3, 0.4) is 0 Å². The molecule has 0 saturated carbocycles. The first kappa shape index (κ1) is 16.4. The summed E-state index contributed by atoms with van der Waals surface area (Å²) in [5, 5.41) is 2.65. The van der Waals surface area contributed by atoms with E-state index in [0.29, 0.717) is 12.2 Å². The highest BCUT2D eigenvalue weighted by Gasteiger charge is 2.33. The first-order valence-corrected chi connectivity index (χ1v) is 13.8. The number of benzene rings is 1. The first-order valence-electron chi connectivity index (χ1n) is 7.99. The molecule has 0 amide bonds. The molecule has 2 aliphatic heterocycles. The van der Waals surface area contributed by atoms with E-state index in [1.807, 2.05) is 0 Å². The minimum Gasteiger partial charge on any atom is -0.410 e. The molecule has 0 bridgehead atoms. The van der Waals surface area contributed by atoms with Gasteiger partial charge in [0, 0.05) is 0 Å². The maximum atomic E-state index is 6.13. The Morgan fingerprint density at radius 3 is 1.41 bits per heavy atom. The second kappa shape index (κ2) is 6.18. The Balaban J connectivity index is 1.62. The van der Waals surface area contributed by atoms with E-state index in [0.717, 1.165) is 26.4 Å². The zero-order valence-corrected chi connectivity index (χ0v) is 15.9. The summed E-state index contributed by atoms with van der Waals surface area (Å²) >= 11 is 0. The fourth-order valence-electron chi connectivity index (χ4n) is 2.37. The topological polar surface area (TPSA) is 43.5 Å². The number of ether oxygens (including phenoxy) is 2. The normalized spacial score (nSPS) is 24.4. The molecule has 0 N–H and O–H groups in total. The van der Waals surface area contributed by atoms with Gasteiger partial charge in [0.25, 0.3) is 0 Å². The van der Waals surface area contributed by atoms with Gasteiger partial charge in [0.05, 0.1) is 26.4 Å². The van der Waals surface area contributed by atoms with Crippen LogP contribution in [0.25, 0.3) is 0 Å². The molecule has 1 aromatic carbocycles. The van der Waals surface area contributed by atoms with Gasteiger partial charge in [0.2, 0.25) is 16.6 Å². The maximum absolute atomic E-state index is 6.13. The predicted octanol–water partition coefficient (Wildman–Crippen LogP) is 1.34. The quantitative estimate of drug-likeness (QED) is 0.530. The average Bonchev–Trinajstić information content (AvgIpc) is 3.38. The molecule has 2 atom stereocenters. The molecule has 3 rings (SSSR count). The summed E-state index contributed by atoms with van der Waals surface area (Å²) in [6, 6.07) is 8.89. The monoisotopic (exact) mass is 338 g/mol. The van der Waals surface area contributed by atoms with E-state index >= 15 is 0 Å². The third-order valence-corrected chi connectivity index (χ3v) is 9.56. The Morgan fingerprint density at radius 1 is 0.818 bits per heavy atom. The molecule has 1 aromatic rings. The Labute approximate surface area is 135 Å². The Morgan fingerprint density at radius 2 is 1.14 bits per heavy atom. The minimum absolute atomic E-state index is 0.329. The van der Waals surface area contributed by atoms with E-state index in [1.165, 1.54) is 10.4 Å². The Kier molecular flexibility index (Phi) is 4.60. The van der Waals surface area contributed by atoms with Crippen molar-refractivity contribution in [1.82, 2.24) is 0 Å². The van der Waals surface area contributed by atoms with Gasteiger partial charge < -0.3 is 18.3 Å². The van der Waals surface area contributed by atoms with E-state index in [1.54, 1.807) is 0 Å². The van der Waals surface area contributed by atoms with Crippen LogP contribution in [0.2, 0.25) is 26.2 Å². The van der Waals surface area contributed by atoms with Gasteiger partial charge in [-0.25, -0.2) is 0 Å². The summed E-state index contributed by atoms with van der Waals surface area (Å²) in [5.41, 5.74) is 0. The minimum atomic E-state index is -1.84. The molecule has 2 saturated heterocycles. The van der Waals surface area contributed by atoms with E-state index in [9.17, 15) is 0 Å². The van der Waals surface area contributed by atoms with Gasteiger partial charge in [0.1, 0.15) is 12.2 Å². The van der Waals surface area contributed by atoms with Gasteiger partial charge in [-0.15, -0.1) is 0 Å². The van der Waals surface area contributed by atoms with Crippen LogP contribution in [0.4, 0.5) is 0 Å². The van der Waals surface area contributed by atoms with Gasteiger partial charge in [-0.1, -0.05) is 24.3 Å². The van der Waals surface area contributed by atoms with E-state index < -0.39 is 16.6 Å². The number of hydrogen-bond donors (Lipinski definition) is 0. The molecule has 0 aliphatic carbocycles. The standard InChI is InChI=1S/C16H26O4Si2/c1-21(2,19-11-13-9-17-13)15-5-7-16(8-6-15)22(3,4)20-12-14-10-18-14/h5-8,13-14H,9-12H2,1-4H3. The van der Waals surface area contributed by atoms with E-state index in [2.05, 4.69) is 50.5 Å². The molecule has 2 unspecified atom stereocenters. The largest absolute Gasteiger partial charge is 0.410 e. The maximum Gasteiger partial charge on any atom is 0.218 e. The number of hydrogen-bond acceptors (Lipinski definition) is 4. The van der Waals surface area contributed by atoms with Gasteiger partial charge in [-0.3, -0.25) is 0 Å².